The third-order valence-electron chi connectivity index (χ3n) is 10.6. The summed E-state index contributed by atoms with van der Waals surface area (Å²) in [5.74, 6) is -0.764. The number of piperazine rings is 1. The van der Waals surface area contributed by atoms with Crippen molar-refractivity contribution in [3.8, 4) is 5.75 Å². The monoisotopic (exact) mass is 745 g/mol. The first-order chi connectivity index (χ1) is 26.1. The van der Waals surface area contributed by atoms with Crippen LogP contribution in [0.4, 0.5) is 30.6 Å². The Bertz CT molecular complexity index is 1860. The molecule has 14 heteroatoms. The molecule has 3 aliphatic rings. The van der Waals surface area contributed by atoms with Crippen LogP contribution in [0.2, 0.25) is 0 Å². The molecule has 1 unspecified atom stereocenters. The van der Waals surface area contributed by atoms with Crippen molar-refractivity contribution >= 4 is 23.1 Å². The van der Waals surface area contributed by atoms with Crippen molar-refractivity contribution in [2.75, 3.05) is 60.6 Å². The van der Waals surface area contributed by atoms with Crippen LogP contribution >= 0.6 is 0 Å². The maximum atomic E-state index is 14.9. The highest BCUT2D eigenvalue weighted by molar-refractivity contribution is 5.95. The molecule has 2 amide bonds. The zero-order chi connectivity index (χ0) is 37.9. The van der Waals surface area contributed by atoms with Crippen LogP contribution in [0.15, 0.2) is 79.4 Å². The lowest BCUT2D eigenvalue weighted by molar-refractivity contribution is -0.117. The molecule has 0 bridgehead atoms. The van der Waals surface area contributed by atoms with Crippen LogP contribution in [-0.2, 0) is 21.6 Å². The van der Waals surface area contributed by atoms with Gasteiger partial charge in [-0.2, -0.15) is 5.10 Å². The van der Waals surface area contributed by atoms with Crippen molar-refractivity contribution < 1.29 is 32.9 Å². The zero-order valence-corrected chi connectivity index (χ0v) is 31.1. The summed E-state index contributed by atoms with van der Waals surface area (Å²) in [4.78, 5) is 25.4. The molecule has 54 heavy (non-hydrogen) atoms. The van der Waals surface area contributed by atoms with Crippen LogP contribution in [0.1, 0.15) is 52.0 Å². The number of halogens is 2. The van der Waals surface area contributed by atoms with E-state index in [4.69, 9.17) is 14.2 Å². The topological polar surface area (TPSA) is 109 Å². The highest BCUT2D eigenvalue weighted by atomic mass is 19.1. The number of carbonyl (C=O) groups is 1. The molecule has 3 saturated heterocycles. The second kappa shape index (κ2) is 15.9. The molecule has 3 aromatic carbocycles. The van der Waals surface area contributed by atoms with Gasteiger partial charge < -0.3 is 29.1 Å². The van der Waals surface area contributed by atoms with Gasteiger partial charge in [0.25, 0.3) is 0 Å². The Morgan fingerprint density at radius 3 is 2.22 bits per heavy atom. The number of nitrogens with zero attached hydrogens (tertiary/aromatic N) is 7. The first-order valence-corrected chi connectivity index (χ1v) is 18.8. The minimum Gasteiger partial charge on any atom is -0.488 e. The summed E-state index contributed by atoms with van der Waals surface area (Å²) in [6.45, 7) is 9.86. The predicted octanol–water partition coefficient (Wildman–Crippen LogP) is 6.15. The summed E-state index contributed by atoms with van der Waals surface area (Å²) in [6, 6.07) is 19.1. The van der Waals surface area contributed by atoms with Gasteiger partial charge in [-0.25, -0.2) is 23.2 Å². The average molecular weight is 746 g/mol. The fraction of sp³-hybridized carbons (Fsp3) is 0.475. The van der Waals surface area contributed by atoms with Crippen LogP contribution < -0.4 is 19.4 Å². The van der Waals surface area contributed by atoms with E-state index in [1.54, 1.807) is 9.80 Å². The molecule has 1 aromatic heterocycles. The van der Waals surface area contributed by atoms with Crippen molar-refractivity contribution in [3.63, 3.8) is 0 Å². The lowest BCUT2D eigenvalue weighted by atomic mass is 9.94. The van der Waals surface area contributed by atoms with Gasteiger partial charge in [0, 0.05) is 60.9 Å². The van der Waals surface area contributed by atoms with Crippen LogP contribution in [0, 0.1) is 11.6 Å². The number of amides is 2. The number of rotatable bonds is 14. The maximum absolute atomic E-state index is 14.9. The van der Waals surface area contributed by atoms with Gasteiger partial charge in [-0.05, 0) is 81.3 Å². The summed E-state index contributed by atoms with van der Waals surface area (Å²) < 4.78 is 48.4. The minimum absolute atomic E-state index is 0.0250. The van der Waals surface area contributed by atoms with Crippen molar-refractivity contribution in [1.29, 1.82) is 0 Å². The number of ether oxygens (including phenoxy) is 3. The highest BCUT2D eigenvalue weighted by Gasteiger charge is 2.50. The number of hydrogen-bond donors (Lipinski definition) is 1. The van der Waals surface area contributed by atoms with Crippen molar-refractivity contribution in [2.24, 2.45) is 0 Å². The Balaban J connectivity index is 0.912. The van der Waals surface area contributed by atoms with Crippen LogP contribution in [0.3, 0.4) is 0 Å². The molecule has 0 radical (unpaired) electrons. The van der Waals surface area contributed by atoms with Crippen LogP contribution in [0.5, 0.6) is 5.75 Å². The first kappa shape index (κ1) is 37.5. The number of aliphatic hydroxyl groups is 1. The lowest BCUT2D eigenvalue weighted by Gasteiger charge is -2.37. The summed E-state index contributed by atoms with van der Waals surface area (Å²) in [5, 5.41) is 15.7. The molecule has 288 valence electrons. The molecule has 3 atom stereocenters. The fourth-order valence-corrected chi connectivity index (χ4v) is 7.82. The molecule has 1 N–H and O–H groups in total. The summed E-state index contributed by atoms with van der Waals surface area (Å²) in [5.41, 5.74) is 0.734. The van der Waals surface area contributed by atoms with Gasteiger partial charge in [-0.15, -0.1) is 0 Å². The zero-order valence-electron chi connectivity index (χ0n) is 31.1. The first-order valence-electron chi connectivity index (χ1n) is 18.8. The van der Waals surface area contributed by atoms with Crippen molar-refractivity contribution in [2.45, 2.75) is 76.7 Å². The molecule has 0 saturated carbocycles. The van der Waals surface area contributed by atoms with Gasteiger partial charge >= 0.3 is 6.03 Å². The Morgan fingerprint density at radius 2 is 1.61 bits per heavy atom. The van der Waals surface area contributed by atoms with Gasteiger partial charge in [-0.3, -0.25) is 9.80 Å². The van der Waals surface area contributed by atoms with Crippen molar-refractivity contribution in [3.05, 3.63) is 96.6 Å². The number of hydrogen-bond acceptors (Lipinski definition) is 9. The Morgan fingerprint density at radius 1 is 0.944 bits per heavy atom. The Kier molecular flexibility index (Phi) is 11.0. The van der Waals surface area contributed by atoms with E-state index in [-0.39, 0.29) is 43.9 Å². The fourth-order valence-electron chi connectivity index (χ4n) is 7.82. The van der Waals surface area contributed by atoms with E-state index in [0.29, 0.717) is 12.2 Å². The normalized spacial score (nSPS) is 23.2. The minimum atomic E-state index is -1.24. The maximum Gasteiger partial charge on any atom is 0.327 e. The average Bonchev–Trinajstić information content (AvgIpc) is 3.90. The number of anilines is 3. The molecule has 0 aliphatic carbocycles. The Labute approximate surface area is 314 Å². The number of carbonyl (C=O) groups excluding carboxylic acids is 1. The number of unbranched alkanes of at least 4 members (excludes halogenated alkanes) is 2. The van der Waals surface area contributed by atoms with Gasteiger partial charge in [0.05, 0.1) is 19.7 Å². The molecule has 12 nitrogen and oxygen atoms in total. The van der Waals surface area contributed by atoms with E-state index in [0.717, 1.165) is 68.6 Å². The lowest BCUT2D eigenvalue weighted by Crippen LogP contribution is -2.50. The predicted molar refractivity (Wildman–Crippen MR) is 200 cm³/mol. The van der Waals surface area contributed by atoms with E-state index >= 15 is 0 Å². The second-order valence-electron chi connectivity index (χ2n) is 14.6. The van der Waals surface area contributed by atoms with Gasteiger partial charge in [-0.1, -0.05) is 25.8 Å². The van der Waals surface area contributed by atoms with E-state index in [1.807, 2.05) is 50.2 Å². The van der Waals surface area contributed by atoms with E-state index in [2.05, 4.69) is 38.9 Å². The number of benzene rings is 3. The highest BCUT2D eigenvalue weighted by Crippen LogP contribution is 2.38. The molecule has 3 fully saturated rings. The van der Waals surface area contributed by atoms with E-state index in [1.165, 1.54) is 29.5 Å². The van der Waals surface area contributed by atoms with Gasteiger partial charge in [0.2, 0.25) is 0 Å². The van der Waals surface area contributed by atoms with E-state index in [9.17, 15) is 18.7 Å². The smallest absolute Gasteiger partial charge is 0.327 e. The third kappa shape index (κ3) is 7.87. The molecule has 4 aromatic rings. The second-order valence-corrected chi connectivity index (χ2v) is 14.6. The molecule has 7 rings (SSSR count). The largest absolute Gasteiger partial charge is 0.488 e. The molecular formula is C40H49F2N7O5. The van der Waals surface area contributed by atoms with Crippen LogP contribution in [-0.4, -0.2) is 94.8 Å². The van der Waals surface area contributed by atoms with Gasteiger partial charge in [0.15, 0.2) is 12.0 Å². The van der Waals surface area contributed by atoms with Crippen LogP contribution in [0.25, 0.3) is 0 Å². The summed E-state index contributed by atoms with van der Waals surface area (Å²) in [7, 11) is 0. The molecule has 3 aliphatic heterocycles. The van der Waals surface area contributed by atoms with Crippen molar-refractivity contribution in [1.82, 2.24) is 19.7 Å². The number of aromatic nitrogens is 3. The molecular weight excluding hydrogens is 696 g/mol. The Hall–Kier alpha value is -4.79. The quantitative estimate of drug-likeness (QED) is 0.152. The summed E-state index contributed by atoms with van der Waals surface area (Å²) >= 11 is 0. The number of β-amino-alcohol motifs (C(OH)–C–C–N with tert-alkyl or cyclic N) is 1. The van der Waals surface area contributed by atoms with E-state index < -0.39 is 29.3 Å². The number of urea groups is 1. The molecule has 0 spiro atoms. The summed E-state index contributed by atoms with van der Waals surface area (Å²) in [6.07, 6.45) is 5.63. The third-order valence-corrected chi connectivity index (χ3v) is 10.6. The van der Waals surface area contributed by atoms with Gasteiger partial charge in [0.1, 0.15) is 42.2 Å². The SMILES string of the molecule is CCCCCC1(O)CN(c2ccc(N3CCN(c4ccc(OC[C@H]5OC[C@](Cn6cncn6)(c6ccc(F)cc6F)O5)cc4)CC3)cc2)C(=O)N1C(C)C. The standard InChI is InChI=1S/C40H49F2N7O5/c1-4-5-6-17-40(51)25-48(38(50)49(40)29(2)3)33-10-8-31(9-11-33)45-18-20-46(21-19-45)32-12-14-34(15-13-32)52-23-37-53-26-39(54-37,24-47-28-43-27-44-47)35-16-7-30(41)22-36(35)42/h7-16,22,27-29,37,51H,4-6,17-21,23-26H2,1-3H3/t37-,39+,40?/m0/s1. The molecule has 4 heterocycles.